The molecule has 0 spiro atoms. The van der Waals surface area contributed by atoms with Gasteiger partial charge in [-0.25, -0.2) is 0 Å². The molecule has 0 atom stereocenters. The Kier molecular flexibility index (Phi) is 2.47. The highest BCUT2D eigenvalue weighted by Crippen LogP contribution is 2.31. The topological polar surface area (TPSA) is 12.0 Å². The molecule has 0 aromatic carbocycles. The summed E-state index contributed by atoms with van der Waals surface area (Å²) in [7, 11) is 0. The molecule has 0 aromatic heterocycles. The van der Waals surface area contributed by atoms with Crippen molar-refractivity contribution >= 4 is 0 Å². The molecule has 0 radical (unpaired) electrons. The third-order valence-electron chi connectivity index (χ3n) is 3.08. The maximum atomic E-state index is 3.56. The van der Waals surface area contributed by atoms with E-state index in [0.29, 0.717) is 0 Å². The molecule has 2 rings (SSSR count). The van der Waals surface area contributed by atoms with Crippen molar-refractivity contribution in [1.29, 1.82) is 0 Å². The summed E-state index contributed by atoms with van der Waals surface area (Å²) in [6, 6.07) is 0. The molecule has 0 heterocycles. The van der Waals surface area contributed by atoms with Gasteiger partial charge in [0.15, 0.2) is 0 Å². The molecular formula is C10H19N. The monoisotopic (exact) mass is 153 g/mol. The fraction of sp³-hybridized carbons (Fsp3) is 1.00. The smallest absolute Gasteiger partial charge is 0.00205 e. The van der Waals surface area contributed by atoms with Gasteiger partial charge in [-0.3, -0.25) is 0 Å². The second-order valence-corrected chi connectivity index (χ2v) is 4.23. The normalized spacial score (nSPS) is 25.1. The van der Waals surface area contributed by atoms with Gasteiger partial charge in [0.05, 0.1) is 0 Å². The SMILES string of the molecule is C1CC(CNCCC2CC2)C1. The maximum absolute atomic E-state index is 3.56. The third-order valence-corrected chi connectivity index (χ3v) is 3.08. The predicted molar refractivity (Wildman–Crippen MR) is 47.6 cm³/mol. The Labute approximate surface area is 69.6 Å². The minimum absolute atomic E-state index is 1.04. The molecule has 0 saturated heterocycles. The summed E-state index contributed by atoms with van der Waals surface area (Å²) >= 11 is 0. The summed E-state index contributed by atoms with van der Waals surface area (Å²) in [6.45, 7) is 2.58. The molecule has 1 nitrogen and oxygen atoms in total. The van der Waals surface area contributed by atoms with Crippen LogP contribution in [0.2, 0.25) is 0 Å². The van der Waals surface area contributed by atoms with Gasteiger partial charge in [0.2, 0.25) is 0 Å². The second kappa shape index (κ2) is 3.57. The quantitative estimate of drug-likeness (QED) is 0.597. The van der Waals surface area contributed by atoms with Crippen LogP contribution in [0.15, 0.2) is 0 Å². The van der Waals surface area contributed by atoms with Crippen LogP contribution in [0.3, 0.4) is 0 Å². The fourth-order valence-electron chi connectivity index (χ4n) is 1.72. The van der Waals surface area contributed by atoms with Gasteiger partial charge in [0.1, 0.15) is 0 Å². The standard InChI is InChI=1S/C10H19N/c1-2-10(3-1)8-11-7-6-9-4-5-9/h9-11H,1-8H2. The molecular weight excluding hydrogens is 134 g/mol. The van der Waals surface area contributed by atoms with Crippen molar-refractivity contribution in [1.82, 2.24) is 5.32 Å². The van der Waals surface area contributed by atoms with E-state index in [0.717, 1.165) is 11.8 Å². The summed E-state index contributed by atoms with van der Waals surface area (Å²) in [5.74, 6) is 2.14. The van der Waals surface area contributed by atoms with Crippen LogP contribution in [0.4, 0.5) is 0 Å². The van der Waals surface area contributed by atoms with E-state index in [-0.39, 0.29) is 0 Å². The first-order valence-electron chi connectivity index (χ1n) is 5.16. The molecule has 64 valence electrons. The molecule has 2 fully saturated rings. The Morgan fingerprint density at radius 3 is 2.36 bits per heavy atom. The highest BCUT2D eigenvalue weighted by Gasteiger charge is 2.21. The lowest BCUT2D eigenvalue weighted by atomic mass is 9.85. The van der Waals surface area contributed by atoms with Crippen LogP contribution in [-0.4, -0.2) is 13.1 Å². The van der Waals surface area contributed by atoms with E-state index in [4.69, 9.17) is 0 Å². The first-order chi connectivity index (χ1) is 5.45. The van der Waals surface area contributed by atoms with Crippen molar-refractivity contribution in [2.75, 3.05) is 13.1 Å². The molecule has 1 N–H and O–H groups in total. The summed E-state index contributed by atoms with van der Waals surface area (Å²) in [4.78, 5) is 0. The average Bonchev–Trinajstić information content (AvgIpc) is 2.66. The lowest BCUT2D eigenvalue weighted by Crippen LogP contribution is -2.28. The van der Waals surface area contributed by atoms with Crippen LogP contribution >= 0.6 is 0 Å². The van der Waals surface area contributed by atoms with Crippen molar-refractivity contribution in [3.63, 3.8) is 0 Å². The number of rotatable bonds is 5. The van der Waals surface area contributed by atoms with E-state index in [1.54, 1.807) is 0 Å². The van der Waals surface area contributed by atoms with Gasteiger partial charge >= 0.3 is 0 Å². The van der Waals surface area contributed by atoms with Crippen LogP contribution in [-0.2, 0) is 0 Å². The largest absolute Gasteiger partial charge is 0.316 e. The Morgan fingerprint density at radius 1 is 1.00 bits per heavy atom. The second-order valence-electron chi connectivity index (χ2n) is 4.23. The van der Waals surface area contributed by atoms with Crippen molar-refractivity contribution in [3.05, 3.63) is 0 Å². The predicted octanol–water partition coefficient (Wildman–Crippen LogP) is 2.18. The molecule has 2 saturated carbocycles. The first-order valence-corrected chi connectivity index (χ1v) is 5.16. The number of hydrogen-bond acceptors (Lipinski definition) is 1. The Morgan fingerprint density at radius 2 is 1.82 bits per heavy atom. The van der Waals surface area contributed by atoms with Crippen molar-refractivity contribution < 1.29 is 0 Å². The first kappa shape index (κ1) is 7.60. The Hall–Kier alpha value is -0.0400. The maximum Gasteiger partial charge on any atom is -0.00205 e. The van der Waals surface area contributed by atoms with Crippen LogP contribution in [0.5, 0.6) is 0 Å². The summed E-state index contributed by atoms with van der Waals surface area (Å²) < 4.78 is 0. The molecule has 1 heteroatoms. The van der Waals surface area contributed by atoms with Gasteiger partial charge in [-0.2, -0.15) is 0 Å². The van der Waals surface area contributed by atoms with Gasteiger partial charge in [-0.1, -0.05) is 19.3 Å². The van der Waals surface area contributed by atoms with E-state index in [1.807, 2.05) is 0 Å². The fourth-order valence-corrected chi connectivity index (χ4v) is 1.72. The summed E-state index contributed by atoms with van der Waals surface area (Å²) in [6.07, 6.45) is 8.89. The Balaban J connectivity index is 1.40. The van der Waals surface area contributed by atoms with E-state index in [2.05, 4.69) is 5.32 Å². The lowest BCUT2D eigenvalue weighted by Gasteiger charge is -2.25. The van der Waals surface area contributed by atoms with Crippen LogP contribution < -0.4 is 5.32 Å². The van der Waals surface area contributed by atoms with Gasteiger partial charge < -0.3 is 5.32 Å². The number of hydrogen-bond donors (Lipinski definition) is 1. The summed E-state index contributed by atoms with van der Waals surface area (Å²) in [5.41, 5.74) is 0. The van der Waals surface area contributed by atoms with Crippen LogP contribution in [0.25, 0.3) is 0 Å². The third kappa shape index (κ3) is 2.48. The summed E-state index contributed by atoms with van der Waals surface area (Å²) in [5, 5.41) is 3.56. The molecule has 2 aliphatic rings. The molecule has 2 aliphatic carbocycles. The van der Waals surface area contributed by atoms with Crippen molar-refractivity contribution in [2.45, 2.75) is 38.5 Å². The van der Waals surface area contributed by atoms with E-state index in [9.17, 15) is 0 Å². The molecule has 11 heavy (non-hydrogen) atoms. The lowest BCUT2D eigenvalue weighted by molar-refractivity contribution is 0.301. The van der Waals surface area contributed by atoms with Crippen LogP contribution in [0, 0.1) is 11.8 Å². The zero-order valence-electron chi connectivity index (χ0n) is 7.31. The minimum atomic E-state index is 1.04. The van der Waals surface area contributed by atoms with E-state index >= 15 is 0 Å². The van der Waals surface area contributed by atoms with Crippen LogP contribution in [0.1, 0.15) is 38.5 Å². The molecule has 0 bridgehead atoms. The molecule has 0 unspecified atom stereocenters. The number of nitrogens with one attached hydrogen (secondary N) is 1. The van der Waals surface area contributed by atoms with Gasteiger partial charge in [-0.05, 0) is 44.2 Å². The van der Waals surface area contributed by atoms with Gasteiger partial charge in [0, 0.05) is 0 Å². The zero-order valence-corrected chi connectivity index (χ0v) is 7.31. The van der Waals surface area contributed by atoms with E-state index < -0.39 is 0 Å². The van der Waals surface area contributed by atoms with Gasteiger partial charge in [0.25, 0.3) is 0 Å². The molecule has 0 amide bonds. The van der Waals surface area contributed by atoms with Crippen molar-refractivity contribution in [3.8, 4) is 0 Å². The minimum Gasteiger partial charge on any atom is -0.316 e. The van der Waals surface area contributed by atoms with Crippen molar-refractivity contribution in [2.24, 2.45) is 11.8 Å². The van der Waals surface area contributed by atoms with E-state index in [1.165, 1.54) is 51.6 Å². The highest BCUT2D eigenvalue weighted by molar-refractivity contribution is 4.75. The van der Waals surface area contributed by atoms with Gasteiger partial charge in [-0.15, -0.1) is 0 Å². The zero-order chi connectivity index (χ0) is 7.52. The average molecular weight is 153 g/mol. The molecule has 0 aromatic rings. The Bertz CT molecular complexity index is 114. The highest BCUT2D eigenvalue weighted by atomic mass is 14.9. The molecule has 0 aliphatic heterocycles.